The number of fused-ring (bicyclic) bond motifs is 1. The molecule has 2 fully saturated rings. The van der Waals surface area contributed by atoms with E-state index in [2.05, 4.69) is 22.0 Å². The average molecular weight is 988 g/mol. The number of alkyl halides is 1. The van der Waals surface area contributed by atoms with Crippen LogP contribution in [0.2, 0.25) is 0 Å². The maximum absolute atomic E-state index is 16.1. The van der Waals surface area contributed by atoms with Crippen LogP contribution in [-0.4, -0.2) is 132 Å². The first-order valence-electron chi connectivity index (χ1n) is 21.3. The third-order valence-corrected chi connectivity index (χ3v) is 13.9. The highest BCUT2D eigenvalue weighted by atomic mass is 32.5. The lowest BCUT2D eigenvalue weighted by Crippen LogP contribution is -2.64. The van der Waals surface area contributed by atoms with E-state index in [9.17, 15) is 43.7 Å². The van der Waals surface area contributed by atoms with E-state index in [1.165, 1.54) is 43.8 Å². The van der Waals surface area contributed by atoms with Crippen molar-refractivity contribution in [3.8, 4) is 0 Å². The predicted molar refractivity (Wildman–Crippen MR) is 227 cm³/mol. The maximum Gasteiger partial charge on any atom is 0.481 e. The minimum Gasteiger partial charge on any atom is -0.462 e. The Labute approximate surface area is 379 Å². The normalized spacial score (nSPS) is 26.8. The number of esters is 4. The van der Waals surface area contributed by atoms with Gasteiger partial charge in [0, 0.05) is 34.2 Å². The average Bonchev–Trinajstić information content (AvgIpc) is 3.70. The van der Waals surface area contributed by atoms with E-state index >= 15 is 4.39 Å². The molecule has 2 aromatic heterocycles. The lowest BCUT2D eigenvalue weighted by Gasteiger charge is -2.45. The van der Waals surface area contributed by atoms with Crippen LogP contribution in [0.15, 0.2) is 6.33 Å². The first-order valence-corrected chi connectivity index (χ1v) is 25.3. The largest absolute Gasteiger partial charge is 0.481 e. The Hall–Kier alpha value is -3.32. The van der Waals surface area contributed by atoms with Gasteiger partial charge in [0.05, 0.1) is 6.61 Å². The molecule has 23 nitrogen and oxygen atoms in total. The zero-order chi connectivity index (χ0) is 48.1. The lowest BCUT2D eigenvalue weighted by molar-refractivity contribution is -0.296. The van der Waals surface area contributed by atoms with Crippen molar-refractivity contribution in [2.45, 2.75) is 166 Å². The summed E-state index contributed by atoms with van der Waals surface area (Å²) in [5.74, 6) is -3.89. The highest BCUT2D eigenvalue weighted by molar-refractivity contribution is 8.08. The molecule has 2 aromatic rings. The third-order valence-electron chi connectivity index (χ3n) is 10.3. The number of nitrogens with two attached hydrogens (primary N) is 1. The SMILES string of the molecule is CCCCCCCCCCCCCC(=O)OC[C@H](F)C1O[C@@H](OP(=O)(O)OP(O)(=S)OC[C@H]2O[C@@H](c3nn(C)c4c(N)ncnc34)C(O)[C@H]2O)[C@H](OC(C)=O)C(OC(C)=O)[C@@H]1OC(C)=O. The van der Waals surface area contributed by atoms with Gasteiger partial charge in [0.2, 0.25) is 6.29 Å². The Balaban J connectivity index is 1.41. The van der Waals surface area contributed by atoms with Gasteiger partial charge in [0.25, 0.3) is 0 Å². The van der Waals surface area contributed by atoms with E-state index in [1.807, 2.05) is 0 Å². The number of carbonyl (C=O) groups excluding carboxylic acids is 4. The number of carbonyl (C=O) groups is 4. The maximum atomic E-state index is 16.1. The third kappa shape index (κ3) is 16.2. The van der Waals surface area contributed by atoms with Gasteiger partial charge in [-0.1, -0.05) is 71.1 Å². The van der Waals surface area contributed by atoms with Crippen LogP contribution in [0.4, 0.5) is 10.2 Å². The molecular formula is C38H60FN5O18P2S. The summed E-state index contributed by atoms with van der Waals surface area (Å²) >= 11 is 4.92. The van der Waals surface area contributed by atoms with Crippen LogP contribution >= 0.6 is 14.5 Å². The zero-order valence-electron chi connectivity index (χ0n) is 36.8. The molecule has 2 aliphatic rings. The van der Waals surface area contributed by atoms with Crippen molar-refractivity contribution in [3.63, 3.8) is 0 Å². The number of phosphoric acid groups is 1. The highest BCUT2D eigenvalue weighted by Gasteiger charge is 2.57. The van der Waals surface area contributed by atoms with Gasteiger partial charge in [0.15, 0.2) is 30.3 Å². The fourth-order valence-corrected chi connectivity index (χ4v) is 10.5. The molecular weight excluding hydrogens is 927 g/mol. The first kappa shape index (κ1) is 54.3. The summed E-state index contributed by atoms with van der Waals surface area (Å²) < 4.78 is 78.2. The number of hydrogen-bond acceptors (Lipinski definition) is 21. The molecule has 0 bridgehead atoms. The number of nitrogens with zero attached hydrogens (tertiary/aromatic N) is 4. The minimum absolute atomic E-state index is 0.0292. The summed E-state index contributed by atoms with van der Waals surface area (Å²) in [5, 5.41) is 25.9. The second-order valence-corrected chi connectivity index (χ2v) is 20.0. The van der Waals surface area contributed by atoms with Gasteiger partial charge in [0.1, 0.15) is 60.2 Å². The Morgan fingerprint density at radius 2 is 1.45 bits per heavy atom. The molecule has 2 aliphatic heterocycles. The van der Waals surface area contributed by atoms with Crippen molar-refractivity contribution in [1.29, 1.82) is 0 Å². The summed E-state index contributed by atoms with van der Waals surface area (Å²) in [4.78, 5) is 79.1. The highest BCUT2D eigenvalue weighted by Crippen LogP contribution is 2.62. The molecule has 12 atom stereocenters. The Morgan fingerprint density at radius 3 is 2.05 bits per heavy atom. The number of aliphatic hydroxyl groups is 2. The van der Waals surface area contributed by atoms with E-state index in [0.717, 1.165) is 59.2 Å². The summed E-state index contributed by atoms with van der Waals surface area (Å²) in [6, 6.07) is 0. The van der Waals surface area contributed by atoms with Gasteiger partial charge in [-0.3, -0.25) is 28.4 Å². The number of nitrogen functional groups attached to an aromatic ring is 1. The number of unbranched alkanes of at least 4 members (excludes halogenated alkanes) is 10. The standard InChI is InChI=1S/C38H60FN5O18P2S/c1-6-7-8-9-10-11-12-13-14-15-16-17-26(48)54-18-24(39)32-34(56-21(2)45)35(57-22(3)46)36(58-23(4)47)38(60-32)61-63(51,52)62-64(53,65)55-19-25-30(49)31(50)33(59-25)28-27-29(44(5)43-28)37(40)42-20-41-27/h20,24-25,30-36,38,49-50H,6-19H2,1-5H3,(H,51,52)(H,53,65)(H2,40,41,42)/t24-,25+,30-,31?,32?,33-,34+,35?,36+,38-,64?/m0/s1. The Kier molecular flexibility index (Phi) is 21.0. The van der Waals surface area contributed by atoms with E-state index in [-0.39, 0.29) is 23.4 Å². The Bertz CT molecular complexity index is 2020. The summed E-state index contributed by atoms with van der Waals surface area (Å²) in [6.45, 7) is -1.83. The van der Waals surface area contributed by atoms with Crippen molar-refractivity contribution in [3.05, 3.63) is 12.0 Å². The molecule has 5 unspecified atom stereocenters. The number of aryl methyl sites for hydroxylation is 1. The van der Waals surface area contributed by atoms with E-state index in [4.69, 9.17) is 59.3 Å². The number of hydrogen-bond donors (Lipinski definition) is 5. The smallest absolute Gasteiger partial charge is 0.462 e. The number of halogens is 1. The second kappa shape index (κ2) is 25.2. The number of aromatic nitrogens is 4. The minimum atomic E-state index is -5.76. The molecule has 2 saturated heterocycles. The zero-order valence-corrected chi connectivity index (χ0v) is 39.4. The van der Waals surface area contributed by atoms with E-state index in [1.54, 1.807) is 0 Å². The van der Waals surface area contributed by atoms with Gasteiger partial charge in [-0.05, 0) is 18.2 Å². The van der Waals surface area contributed by atoms with Crippen LogP contribution in [0.25, 0.3) is 11.0 Å². The number of aliphatic hydroxyl groups excluding tert-OH is 2. The number of rotatable bonds is 26. The lowest BCUT2D eigenvalue weighted by atomic mass is 9.95. The van der Waals surface area contributed by atoms with Gasteiger partial charge in [-0.2, -0.15) is 5.10 Å². The van der Waals surface area contributed by atoms with Crippen molar-refractivity contribution >= 4 is 67.1 Å². The van der Waals surface area contributed by atoms with Gasteiger partial charge in [-0.25, -0.2) is 23.2 Å². The molecule has 368 valence electrons. The summed E-state index contributed by atoms with van der Waals surface area (Å²) in [7, 11) is -4.23. The molecule has 0 spiro atoms. The monoisotopic (exact) mass is 987 g/mol. The molecule has 0 radical (unpaired) electrons. The first-order chi connectivity index (χ1) is 30.6. The van der Waals surface area contributed by atoms with Gasteiger partial charge in [-0.15, -0.1) is 0 Å². The predicted octanol–water partition coefficient (Wildman–Crippen LogP) is 3.58. The number of anilines is 1. The van der Waals surface area contributed by atoms with Crippen LogP contribution in [0.3, 0.4) is 0 Å². The fourth-order valence-electron chi connectivity index (χ4n) is 7.39. The van der Waals surface area contributed by atoms with Gasteiger partial charge < -0.3 is 58.7 Å². The van der Waals surface area contributed by atoms with Crippen LogP contribution in [-0.2, 0) is 84.4 Å². The van der Waals surface area contributed by atoms with E-state index < -0.39 is 113 Å². The molecule has 6 N–H and O–H groups in total. The Morgan fingerprint density at radius 1 is 0.877 bits per heavy atom. The fraction of sp³-hybridized carbons (Fsp3) is 0.763. The van der Waals surface area contributed by atoms with Crippen molar-refractivity contribution in [2.75, 3.05) is 18.9 Å². The molecule has 0 amide bonds. The topological polar surface area (TPSA) is 319 Å². The molecule has 4 rings (SSSR count). The molecule has 65 heavy (non-hydrogen) atoms. The van der Waals surface area contributed by atoms with Crippen LogP contribution < -0.4 is 5.73 Å². The van der Waals surface area contributed by atoms with Gasteiger partial charge >= 0.3 is 38.4 Å². The van der Waals surface area contributed by atoms with Crippen molar-refractivity contribution < 1.29 is 89.9 Å². The molecule has 27 heteroatoms. The molecule has 0 aliphatic carbocycles. The summed E-state index contributed by atoms with van der Waals surface area (Å²) in [6.07, 6.45) is -6.28. The van der Waals surface area contributed by atoms with Crippen LogP contribution in [0.1, 0.15) is 117 Å². The number of phosphoric ester groups is 1. The van der Waals surface area contributed by atoms with Crippen molar-refractivity contribution in [1.82, 2.24) is 19.7 Å². The molecule has 0 saturated carbocycles. The summed E-state index contributed by atoms with van der Waals surface area (Å²) in [5.41, 5.74) is 6.52. The second-order valence-electron chi connectivity index (χ2n) is 15.6. The van der Waals surface area contributed by atoms with E-state index in [0.29, 0.717) is 11.9 Å². The quantitative estimate of drug-likeness (QED) is 0.0389. The van der Waals surface area contributed by atoms with Crippen molar-refractivity contribution in [2.24, 2.45) is 7.05 Å². The number of ether oxygens (including phenoxy) is 6. The van der Waals surface area contributed by atoms with Crippen LogP contribution in [0, 0.1) is 0 Å². The molecule has 0 aromatic carbocycles. The molecule has 4 heterocycles. The van der Waals surface area contributed by atoms with Crippen LogP contribution in [0.5, 0.6) is 0 Å².